The van der Waals surface area contributed by atoms with Gasteiger partial charge in [0.05, 0.1) is 5.69 Å². The van der Waals surface area contributed by atoms with Gasteiger partial charge < -0.3 is 9.88 Å². The van der Waals surface area contributed by atoms with Crippen LogP contribution in [0.2, 0.25) is 0 Å². The molecule has 5 heteroatoms. The number of allylic oxidation sites excluding steroid dienone is 1. The van der Waals surface area contributed by atoms with Crippen LogP contribution in [-0.4, -0.2) is 16.5 Å². The van der Waals surface area contributed by atoms with E-state index in [9.17, 15) is 9.59 Å². The molecule has 0 radical (unpaired) electrons. The first-order chi connectivity index (χ1) is 7.22. The Balaban J connectivity index is 2.20. The van der Waals surface area contributed by atoms with Gasteiger partial charge >= 0.3 is 6.03 Å². The van der Waals surface area contributed by atoms with Gasteiger partial charge in [-0.25, -0.2) is 4.79 Å². The molecule has 0 saturated carbocycles. The maximum absolute atomic E-state index is 11.8. The fraction of sp³-hybridized carbons (Fsp3) is 0.200. The predicted molar refractivity (Wildman–Crippen MR) is 51.9 cm³/mol. The molecule has 76 valence electrons. The fourth-order valence-corrected chi connectivity index (χ4v) is 2.13. The van der Waals surface area contributed by atoms with Crippen LogP contribution in [0.1, 0.15) is 5.69 Å². The van der Waals surface area contributed by atoms with Gasteiger partial charge in [0.1, 0.15) is 0 Å². The number of urea groups is 1. The number of rotatable bonds is 0. The zero-order valence-electron chi connectivity index (χ0n) is 7.86. The maximum atomic E-state index is 11.8. The molecule has 5 nitrogen and oxygen atoms in total. The molecular weight excluding hydrogens is 194 g/mol. The number of fused-ring (bicyclic) bond motifs is 2. The number of hydrogen-bond acceptors (Lipinski definition) is 2. The van der Waals surface area contributed by atoms with E-state index in [1.54, 1.807) is 6.08 Å². The van der Waals surface area contributed by atoms with Crippen molar-refractivity contribution in [1.29, 1.82) is 0 Å². The van der Waals surface area contributed by atoms with Crippen LogP contribution in [-0.2, 0) is 16.9 Å². The van der Waals surface area contributed by atoms with Crippen LogP contribution in [0, 0.1) is 0 Å². The second kappa shape index (κ2) is 2.50. The van der Waals surface area contributed by atoms with Crippen molar-refractivity contribution in [2.24, 2.45) is 0 Å². The average molecular weight is 203 g/mol. The number of imide groups is 1. The molecule has 0 aromatic carbocycles. The number of nitrogens with one attached hydrogen (secondary N) is 2. The lowest BCUT2D eigenvalue weighted by Gasteiger charge is -2.27. The number of amides is 3. The summed E-state index contributed by atoms with van der Waals surface area (Å²) in [5, 5.41) is 4.91. The van der Waals surface area contributed by atoms with E-state index in [1.807, 2.05) is 29.0 Å². The topological polar surface area (TPSA) is 63.1 Å². The molecule has 3 amide bonds. The number of hydrogen-bond donors (Lipinski definition) is 2. The van der Waals surface area contributed by atoms with E-state index in [4.69, 9.17) is 0 Å². The van der Waals surface area contributed by atoms with Crippen molar-refractivity contribution in [3.05, 3.63) is 36.2 Å². The average Bonchev–Trinajstić information content (AvgIpc) is 2.74. The molecule has 1 saturated heterocycles. The summed E-state index contributed by atoms with van der Waals surface area (Å²) in [6, 6.07) is 3.26. The lowest BCUT2D eigenvalue weighted by Crippen LogP contribution is -2.45. The van der Waals surface area contributed by atoms with E-state index in [0.717, 1.165) is 12.2 Å². The van der Waals surface area contributed by atoms with Crippen LogP contribution in [0.5, 0.6) is 0 Å². The third-order valence-corrected chi connectivity index (χ3v) is 2.80. The SMILES string of the molecule is O=C1NC(=O)C2(C=CCn3cccc32)N1. The summed E-state index contributed by atoms with van der Waals surface area (Å²) >= 11 is 0. The minimum atomic E-state index is -1.00. The molecule has 1 spiro atoms. The molecule has 15 heavy (non-hydrogen) atoms. The highest BCUT2D eigenvalue weighted by atomic mass is 16.2. The maximum Gasteiger partial charge on any atom is 0.322 e. The van der Waals surface area contributed by atoms with Crippen LogP contribution < -0.4 is 10.6 Å². The minimum Gasteiger partial charge on any atom is -0.345 e. The molecular formula is C10H9N3O2. The molecule has 2 aliphatic rings. The van der Waals surface area contributed by atoms with Gasteiger partial charge in [0, 0.05) is 12.7 Å². The van der Waals surface area contributed by atoms with E-state index < -0.39 is 11.6 Å². The summed E-state index contributed by atoms with van der Waals surface area (Å²) in [7, 11) is 0. The van der Waals surface area contributed by atoms with Crippen LogP contribution in [0.15, 0.2) is 30.5 Å². The zero-order chi connectivity index (χ0) is 10.5. The largest absolute Gasteiger partial charge is 0.345 e. The van der Waals surface area contributed by atoms with E-state index >= 15 is 0 Å². The first-order valence-electron chi connectivity index (χ1n) is 4.69. The predicted octanol–water partition coefficient (Wildman–Crippen LogP) is 0.0926. The van der Waals surface area contributed by atoms with Gasteiger partial charge in [-0.1, -0.05) is 6.08 Å². The first-order valence-corrected chi connectivity index (χ1v) is 4.69. The Bertz CT molecular complexity index is 489. The van der Waals surface area contributed by atoms with E-state index in [-0.39, 0.29) is 5.91 Å². The van der Waals surface area contributed by atoms with Crippen molar-refractivity contribution < 1.29 is 9.59 Å². The van der Waals surface area contributed by atoms with Gasteiger partial charge in [0.25, 0.3) is 5.91 Å². The second-order valence-corrected chi connectivity index (χ2v) is 3.66. The van der Waals surface area contributed by atoms with Gasteiger partial charge in [-0.05, 0) is 18.2 Å². The van der Waals surface area contributed by atoms with Gasteiger partial charge in [-0.15, -0.1) is 0 Å². The van der Waals surface area contributed by atoms with Crippen LogP contribution in [0.4, 0.5) is 4.79 Å². The highest BCUT2D eigenvalue weighted by Gasteiger charge is 2.48. The summed E-state index contributed by atoms with van der Waals surface area (Å²) in [6.45, 7) is 0.729. The highest BCUT2D eigenvalue weighted by molar-refractivity contribution is 6.08. The Morgan fingerprint density at radius 3 is 3.00 bits per heavy atom. The lowest BCUT2D eigenvalue weighted by molar-refractivity contribution is -0.122. The zero-order valence-corrected chi connectivity index (χ0v) is 7.86. The molecule has 1 atom stereocenters. The van der Waals surface area contributed by atoms with Gasteiger partial charge in [0.2, 0.25) is 0 Å². The molecule has 3 rings (SSSR count). The Labute approximate surface area is 85.8 Å². The van der Waals surface area contributed by atoms with Crippen molar-refractivity contribution in [2.45, 2.75) is 12.1 Å². The Hall–Kier alpha value is -2.04. The third kappa shape index (κ3) is 0.918. The van der Waals surface area contributed by atoms with Crippen molar-refractivity contribution in [3.8, 4) is 0 Å². The number of nitrogens with zero attached hydrogens (tertiary/aromatic N) is 1. The molecule has 0 aliphatic carbocycles. The number of carbonyl (C=O) groups excluding carboxylic acids is 2. The summed E-state index contributed by atoms with van der Waals surface area (Å²) in [5.74, 6) is -0.316. The molecule has 1 unspecified atom stereocenters. The summed E-state index contributed by atoms with van der Waals surface area (Å²) in [4.78, 5) is 22.9. The van der Waals surface area contributed by atoms with Gasteiger partial charge in [-0.2, -0.15) is 0 Å². The summed E-state index contributed by atoms with van der Waals surface area (Å²) < 4.78 is 1.94. The van der Waals surface area contributed by atoms with E-state index in [0.29, 0.717) is 0 Å². The molecule has 1 aromatic heterocycles. The Morgan fingerprint density at radius 2 is 2.27 bits per heavy atom. The number of carbonyl (C=O) groups is 2. The second-order valence-electron chi connectivity index (χ2n) is 3.66. The minimum absolute atomic E-state index is 0.316. The van der Waals surface area contributed by atoms with Crippen molar-refractivity contribution >= 4 is 11.9 Å². The third-order valence-electron chi connectivity index (χ3n) is 2.80. The molecule has 0 bridgehead atoms. The van der Waals surface area contributed by atoms with Crippen LogP contribution >= 0.6 is 0 Å². The first kappa shape index (κ1) is 8.28. The van der Waals surface area contributed by atoms with Gasteiger partial charge in [0.15, 0.2) is 5.54 Å². The van der Waals surface area contributed by atoms with Crippen LogP contribution in [0.3, 0.4) is 0 Å². The molecule has 3 heterocycles. The standard InChI is InChI=1S/C10H9N3O2/c14-8-10(12-9(15)11-8)4-2-6-13-5-1-3-7(10)13/h1-5H,6H2,(H2,11,12,14,15). The Morgan fingerprint density at radius 1 is 1.40 bits per heavy atom. The fourth-order valence-electron chi connectivity index (χ4n) is 2.13. The molecule has 1 aromatic rings. The van der Waals surface area contributed by atoms with Gasteiger partial charge in [-0.3, -0.25) is 10.1 Å². The monoisotopic (exact) mass is 203 g/mol. The molecule has 2 aliphatic heterocycles. The molecule has 1 fully saturated rings. The lowest BCUT2D eigenvalue weighted by atomic mass is 9.93. The van der Waals surface area contributed by atoms with E-state index in [2.05, 4.69) is 10.6 Å². The van der Waals surface area contributed by atoms with E-state index in [1.165, 1.54) is 0 Å². The normalized spacial score (nSPS) is 27.7. The quantitative estimate of drug-likeness (QED) is 0.463. The van der Waals surface area contributed by atoms with Crippen molar-refractivity contribution in [2.75, 3.05) is 0 Å². The van der Waals surface area contributed by atoms with Crippen LogP contribution in [0.25, 0.3) is 0 Å². The van der Waals surface area contributed by atoms with Crippen molar-refractivity contribution in [1.82, 2.24) is 15.2 Å². The molecule has 2 N–H and O–H groups in total. The van der Waals surface area contributed by atoms with Crippen molar-refractivity contribution in [3.63, 3.8) is 0 Å². The smallest absolute Gasteiger partial charge is 0.322 e. The summed E-state index contributed by atoms with van der Waals surface area (Å²) in [6.07, 6.45) is 5.50. The summed E-state index contributed by atoms with van der Waals surface area (Å²) in [5.41, 5.74) is -0.202. The number of aromatic nitrogens is 1. The Kier molecular flexibility index (Phi) is 1.38. The highest BCUT2D eigenvalue weighted by Crippen LogP contribution is 2.29.